The van der Waals surface area contributed by atoms with Gasteiger partial charge in [0, 0.05) is 18.6 Å². The van der Waals surface area contributed by atoms with E-state index in [0.29, 0.717) is 6.54 Å². The van der Waals surface area contributed by atoms with Crippen molar-refractivity contribution >= 4 is 17.6 Å². The lowest BCUT2D eigenvalue weighted by atomic mass is 10.1. The molecule has 0 aliphatic rings. The highest BCUT2D eigenvalue weighted by Gasteiger charge is 2.09. The summed E-state index contributed by atoms with van der Waals surface area (Å²) >= 11 is 5.97. The van der Waals surface area contributed by atoms with E-state index in [9.17, 15) is 0 Å². The summed E-state index contributed by atoms with van der Waals surface area (Å²) in [4.78, 5) is 4.67. The number of rotatable bonds is 7. The van der Waals surface area contributed by atoms with Crippen molar-refractivity contribution in [2.24, 2.45) is 12.0 Å². The molecule has 2 N–H and O–H groups in total. The zero-order valence-corrected chi connectivity index (χ0v) is 16.1. The molecule has 0 amide bonds. The largest absolute Gasteiger partial charge is 0.356 e. The zero-order chi connectivity index (χ0) is 18.2. The molecule has 0 bridgehead atoms. The number of halogens is 1. The van der Waals surface area contributed by atoms with E-state index in [1.807, 2.05) is 42.8 Å². The molecule has 6 nitrogen and oxygen atoms in total. The first-order chi connectivity index (χ1) is 12.0. The molecule has 0 fully saturated rings. The Kier molecular flexibility index (Phi) is 7.25. The number of aromatic nitrogens is 3. The van der Waals surface area contributed by atoms with E-state index < -0.39 is 0 Å². The molecule has 0 saturated heterocycles. The van der Waals surface area contributed by atoms with Crippen LogP contribution in [-0.2, 0) is 13.6 Å². The van der Waals surface area contributed by atoms with Crippen LogP contribution in [0.1, 0.15) is 49.9 Å². The van der Waals surface area contributed by atoms with Crippen LogP contribution in [0.3, 0.4) is 0 Å². The first kappa shape index (κ1) is 19.2. The third-order valence-electron chi connectivity index (χ3n) is 4.11. The van der Waals surface area contributed by atoms with Gasteiger partial charge in [-0.1, -0.05) is 37.1 Å². The molecule has 0 saturated carbocycles. The monoisotopic (exact) mass is 362 g/mol. The summed E-state index contributed by atoms with van der Waals surface area (Å²) in [7, 11) is 1.95. The van der Waals surface area contributed by atoms with Gasteiger partial charge in [0.2, 0.25) is 0 Å². The highest BCUT2D eigenvalue weighted by molar-refractivity contribution is 6.30. The number of aliphatic imine (C=N–C) groups is 1. The van der Waals surface area contributed by atoms with Crippen LogP contribution in [-0.4, -0.2) is 27.3 Å². The van der Waals surface area contributed by atoms with Gasteiger partial charge in [-0.25, -0.2) is 4.99 Å². The van der Waals surface area contributed by atoms with Crippen molar-refractivity contribution in [1.82, 2.24) is 25.4 Å². The van der Waals surface area contributed by atoms with Crippen LogP contribution in [0.5, 0.6) is 0 Å². The number of benzene rings is 1. The second-order valence-corrected chi connectivity index (χ2v) is 6.52. The Balaban J connectivity index is 2.07. The van der Waals surface area contributed by atoms with Crippen LogP contribution in [0.2, 0.25) is 5.02 Å². The van der Waals surface area contributed by atoms with Crippen molar-refractivity contribution in [3.63, 3.8) is 0 Å². The van der Waals surface area contributed by atoms with Gasteiger partial charge in [-0.15, -0.1) is 10.2 Å². The topological polar surface area (TPSA) is 67.1 Å². The fourth-order valence-electron chi connectivity index (χ4n) is 2.31. The molecule has 1 heterocycles. The van der Waals surface area contributed by atoms with Crippen LogP contribution in [0.4, 0.5) is 0 Å². The molecule has 1 unspecified atom stereocenters. The molecular weight excluding hydrogens is 336 g/mol. The Morgan fingerprint density at radius 2 is 2.00 bits per heavy atom. The standard InChI is InChI=1S/C18H27ClN6/c1-5-6-11-20-18(21-12-17-24-23-14(3)25(17)4)22-13(2)15-7-9-16(19)10-8-15/h7-10,13H,5-6,11-12H2,1-4H3,(H2,20,21,22). The lowest BCUT2D eigenvalue weighted by Crippen LogP contribution is -2.39. The van der Waals surface area contributed by atoms with Gasteiger partial charge in [0.1, 0.15) is 12.4 Å². The van der Waals surface area contributed by atoms with Gasteiger partial charge in [-0.05, 0) is 38.0 Å². The molecule has 136 valence electrons. The molecule has 1 aromatic heterocycles. The van der Waals surface area contributed by atoms with Crippen molar-refractivity contribution < 1.29 is 0 Å². The van der Waals surface area contributed by atoms with E-state index in [1.165, 1.54) is 0 Å². The van der Waals surface area contributed by atoms with Crippen molar-refractivity contribution in [1.29, 1.82) is 0 Å². The van der Waals surface area contributed by atoms with Crippen LogP contribution < -0.4 is 10.6 Å². The first-order valence-corrected chi connectivity index (χ1v) is 9.04. The Morgan fingerprint density at radius 1 is 1.28 bits per heavy atom. The van der Waals surface area contributed by atoms with Crippen LogP contribution >= 0.6 is 11.6 Å². The molecule has 0 radical (unpaired) electrons. The Hall–Kier alpha value is -2.08. The second-order valence-electron chi connectivity index (χ2n) is 6.09. The maximum Gasteiger partial charge on any atom is 0.192 e. The SMILES string of the molecule is CCCCNC(=NCc1nnc(C)n1C)NC(C)c1ccc(Cl)cc1. The maximum atomic E-state index is 5.97. The molecule has 7 heteroatoms. The van der Waals surface area contributed by atoms with E-state index in [2.05, 4.69) is 39.7 Å². The maximum absolute atomic E-state index is 5.97. The minimum atomic E-state index is 0.117. The van der Waals surface area contributed by atoms with E-state index in [-0.39, 0.29) is 6.04 Å². The molecular formula is C18H27ClN6. The number of hydrogen-bond acceptors (Lipinski definition) is 3. The molecule has 25 heavy (non-hydrogen) atoms. The minimum Gasteiger partial charge on any atom is -0.356 e. The van der Waals surface area contributed by atoms with Gasteiger partial charge in [0.05, 0.1) is 6.04 Å². The second kappa shape index (κ2) is 9.42. The van der Waals surface area contributed by atoms with Gasteiger partial charge in [-0.2, -0.15) is 0 Å². The predicted octanol–water partition coefficient (Wildman–Crippen LogP) is 3.37. The predicted molar refractivity (Wildman–Crippen MR) is 103 cm³/mol. The molecule has 0 aliphatic carbocycles. The van der Waals surface area contributed by atoms with Crippen LogP contribution in [0.25, 0.3) is 0 Å². The molecule has 2 rings (SSSR count). The first-order valence-electron chi connectivity index (χ1n) is 8.66. The Morgan fingerprint density at radius 3 is 2.60 bits per heavy atom. The quantitative estimate of drug-likeness (QED) is 0.450. The summed E-state index contributed by atoms with van der Waals surface area (Å²) in [5.74, 6) is 2.50. The average Bonchev–Trinajstić information content (AvgIpc) is 2.92. The highest BCUT2D eigenvalue weighted by atomic mass is 35.5. The van der Waals surface area contributed by atoms with Gasteiger partial charge < -0.3 is 15.2 Å². The number of nitrogens with zero attached hydrogens (tertiary/aromatic N) is 4. The normalized spacial score (nSPS) is 12.9. The lowest BCUT2D eigenvalue weighted by Gasteiger charge is -2.19. The third kappa shape index (κ3) is 5.74. The summed E-state index contributed by atoms with van der Waals surface area (Å²) < 4.78 is 1.95. The molecule has 0 aliphatic heterocycles. The van der Waals surface area contributed by atoms with Crippen molar-refractivity contribution in [2.45, 2.75) is 46.2 Å². The fraction of sp³-hybridized carbons (Fsp3) is 0.500. The van der Waals surface area contributed by atoms with Crippen LogP contribution in [0, 0.1) is 6.92 Å². The Labute approximate surface area is 154 Å². The van der Waals surface area contributed by atoms with E-state index in [0.717, 1.165) is 47.6 Å². The number of hydrogen-bond donors (Lipinski definition) is 2. The smallest absolute Gasteiger partial charge is 0.192 e. The van der Waals surface area contributed by atoms with Gasteiger partial charge in [0.25, 0.3) is 0 Å². The van der Waals surface area contributed by atoms with Gasteiger partial charge >= 0.3 is 0 Å². The minimum absolute atomic E-state index is 0.117. The molecule has 1 atom stereocenters. The number of unbranched alkanes of at least 4 members (excludes halogenated alkanes) is 1. The fourth-order valence-corrected chi connectivity index (χ4v) is 2.44. The van der Waals surface area contributed by atoms with E-state index in [4.69, 9.17) is 11.6 Å². The molecule has 1 aromatic carbocycles. The van der Waals surface area contributed by atoms with Gasteiger partial charge in [0.15, 0.2) is 11.8 Å². The number of nitrogens with one attached hydrogen (secondary N) is 2. The lowest BCUT2D eigenvalue weighted by molar-refractivity contribution is 0.663. The zero-order valence-electron chi connectivity index (χ0n) is 15.4. The number of guanidine groups is 1. The van der Waals surface area contributed by atoms with E-state index >= 15 is 0 Å². The molecule has 0 spiro atoms. The molecule has 2 aromatic rings. The van der Waals surface area contributed by atoms with E-state index in [1.54, 1.807) is 0 Å². The third-order valence-corrected chi connectivity index (χ3v) is 4.36. The summed E-state index contributed by atoms with van der Waals surface area (Å²) in [6, 6.07) is 7.97. The number of aryl methyl sites for hydroxylation is 1. The highest BCUT2D eigenvalue weighted by Crippen LogP contribution is 2.16. The summed E-state index contributed by atoms with van der Waals surface area (Å²) in [6.45, 7) is 7.57. The summed E-state index contributed by atoms with van der Waals surface area (Å²) in [5.41, 5.74) is 1.16. The average molecular weight is 363 g/mol. The van der Waals surface area contributed by atoms with Crippen molar-refractivity contribution in [2.75, 3.05) is 6.54 Å². The summed E-state index contributed by atoms with van der Waals surface area (Å²) in [5, 5.41) is 15.8. The van der Waals surface area contributed by atoms with Crippen molar-refractivity contribution in [3.8, 4) is 0 Å². The van der Waals surface area contributed by atoms with Crippen LogP contribution in [0.15, 0.2) is 29.3 Å². The van der Waals surface area contributed by atoms with Gasteiger partial charge in [-0.3, -0.25) is 0 Å². The Bertz CT molecular complexity index is 692. The summed E-state index contributed by atoms with van der Waals surface area (Å²) in [6.07, 6.45) is 2.23. The van der Waals surface area contributed by atoms with Crippen molar-refractivity contribution in [3.05, 3.63) is 46.5 Å².